The smallest absolute Gasteiger partial charge is 0.0477 e. The SMILES string of the molecule is COCCC(C)N1CC2(CCCCC2)NCC1C(C)(C)C. The number of nitrogens with one attached hydrogen (secondary N) is 1. The summed E-state index contributed by atoms with van der Waals surface area (Å²) < 4.78 is 5.32. The van der Waals surface area contributed by atoms with Gasteiger partial charge in [-0.05, 0) is 31.6 Å². The molecule has 2 fully saturated rings. The Morgan fingerprint density at radius 1 is 1.24 bits per heavy atom. The number of rotatable bonds is 4. The lowest BCUT2D eigenvalue weighted by atomic mass is 9.75. The summed E-state index contributed by atoms with van der Waals surface area (Å²) >= 11 is 0. The quantitative estimate of drug-likeness (QED) is 0.860. The molecule has 1 saturated heterocycles. The standard InChI is InChI=1S/C18H36N2O/c1-15(9-12-21-5)20-14-18(10-7-6-8-11-18)19-13-16(20)17(2,3)4/h15-16,19H,6-14H2,1-5H3. The molecule has 1 heterocycles. The van der Waals surface area contributed by atoms with Crippen LogP contribution in [0, 0.1) is 5.41 Å². The molecule has 0 amide bonds. The maximum atomic E-state index is 5.32. The van der Waals surface area contributed by atoms with Gasteiger partial charge in [-0.1, -0.05) is 40.0 Å². The van der Waals surface area contributed by atoms with Crippen LogP contribution in [0.15, 0.2) is 0 Å². The summed E-state index contributed by atoms with van der Waals surface area (Å²) in [5.74, 6) is 0. The van der Waals surface area contributed by atoms with E-state index >= 15 is 0 Å². The molecule has 3 nitrogen and oxygen atoms in total. The zero-order valence-electron chi connectivity index (χ0n) is 14.9. The van der Waals surface area contributed by atoms with Gasteiger partial charge in [0.2, 0.25) is 0 Å². The largest absolute Gasteiger partial charge is 0.385 e. The van der Waals surface area contributed by atoms with Crippen LogP contribution in [0.1, 0.15) is 66.2 Å². The Morgan fingerprint density at radius 2 is 1.90 bits per heavy atom. The highest BCUT2D eigenvalue weighted by atomic mass is 16.5. The van der Waals surface area contributed by atoms with Crippen LogP contribution in [-0.2, 0) is 4.74 Å². The van der Waals surface area contributed by atoms with Gasteiger partial charge in [0.1, 0.15) is 0 Å². The van der Waals surface area contributed by atoms with Gasteiger partial charge in [0.05, 0.1) is 0 Å². The third-order valence-electron chi connectivity index (χ3n) is 5.67. The summed E-state index contributed by atoms with van der Waals surface area (Å²) in [6.07, 6.45) is 8.07. The minimum Gasteiger partial charge on any atom is -0.385 e. The van der Waals surface area contributed by atoms with E-state index in [2.05, 4.69) is 37.9 Å². The highest BCUT2D eigenvalue weighted by Crippen LogP contribution is 2.37. The third-order valence-corrected chi connectivity index (χ3v) is 5.67. The summed E-state index contributed by atoms with van der Waals surface area (Å²) in [5.41, 5.74) is 0.714. The van der Waals surface area contributed by atoms with Crippen LogP contribution in [0.3, 0.4) is 0 Å². The molecular formula is C18H36N2O. The summed E-state index contributed by atoms with van der Waals surface area (Å²) in [4.78, 5) is 2.79. The second-order valence-electron chi connectivity index (χ2n) is 8.41. The van der Waals surface area contributed by atoms with E-state index in [4.69, 9.17) is 4.74 Å². The molecule has 1 spiro atoms. The molecule has 0 aromatic heterocycles. The Bertz CT molecular complexity index is 318. The number of hydrogen-bond acceptors (Lipinski definition) is 3. The minimum atomic E-state index is 0.324. The topological polar surface area (TPSA) is 24.5 Å². The van der Waals surface area contributed by atoms with E-state index in [9.17, 15) is 0 Å². The van der Waals surface area contributed by atoms with E-state index in [1.54, 1.807) is 0 Å². The van der Waals surface area contributed by atoms with E-state index in [0.717, 1.165) is 19.6 Å². The second kappa shape index (κ2) is 6.97. The van der Waals surface area contributed by atoms with Crippen LogP contribution in [0.25, 0.3) is 0 Å². The lowest BCUT2D eigenvalue weighted by molar-refractivity contribution is -0.0216. The van der Waals surface area contributed by atoms with Crippen molar-refractivity contribution in [1.29, 1.82) is 0 Å². The summed E-state index contributed by atoms with van der Waals surface area (Å²) in [6, 6.07) is 1.23. The Hall–Kier alpha value is -0.120. The predicted octanol–water partition coefficient (Wildman–Crippen LogP) is 3.43. The summed E-state index contributed by atoms with van der Waals surface area (Å²) in [5, 5.41) is 3.96. The van der Waals surface area contributed by atoms with Crippen molar-refractivity contribution >= 4 is 0 Å². The molecule has 2 aliphatic rings. The molecule has 2 unspecified atom stereocenters. The molecule has 2 rings (SSSR count). The van der Waals surface area contributed by atoms with Crippen molar-refractivity contribution < 1.29 is 4.74 Å². The van der Waals surface area contributed by atoms with Crippen LogP contribution in [-0.4, -0.2) is 49.3 Å². The molecule has 21 heavy (non-hydrogen) atoms. The molecular weight excluding hydrogens is 260 g/mol. The van der Waals surface area contributed by atoms with Crippen LogP contribution in [0.2, 0.25) is 0 Å². The molecule has 1 N–H and O–H groups in total. The van der Waals surface area contributed by atoms with Crippen LogP contribution < -0.4 is 5.32 Å². The first-order valence-electron chi connectivity index (χ1n) is 8.88. The van der Waals surface area contributed by atoms with Crippen LogP contribution >= 0.6 is 0 Å². The van der Waals surface area contributed by atoms with Crippen molar-refractivity contribution in [3.63, 3.8) is 0 Å². The highest BCUT2D eigenvalue weighted by Gasteiger charge is 2.44. The van der Waals surface area contributed by atoms with Gasteiger partial charge < -0.3 is 10.1 Å². The van der Waals surface area contributed by atoms with Crippen molar-refractivity contribution in [2.75, 3.05) is 26.8 Å². The van der Waals surface area contributed by atoms with Gasteiger partial charge in [-0.15, -0.1) is 0 Å². The number of ether oxygens (including phenoxy) is 1. The minimum absolute atomic E-state index is 0.324. The number of piperazine rings is 1. The van der Waals surface area contributed by atoms with E-state index < -0.39 is 0 Å². The van der Waals surface area contributed by atoms with Gasteiger partial charge in [-0.2, -0.15) is 0 Å². The van der Waals surface area contributed by atoms with Crippen molar-refractivity contribution in [3.8, 4) is 0 Å². The fourth-order valence-corrected chi connectivity index (χ4v) is 4.23. The maximum absolute atomic E-state index is 5.32. The van der Waals surface area contributed by atoms with Gasteiger partial charge in [0.25, 0.3) is 0 Å². The molecule has 0 bridgehead atoms. The monoisotopic (exact) mass is 296 g/mol. The van der Waals surface area contributed by atoms with Gasteiger partial charge in [-0.25, -0.2) is 0 Å². The van der Waals surface area contributed by atoms with Gasteiger partial charge in [0.15, 0.2) is 0 Å². The lowest BCUT2D eigenvalue weighted by Crippen LogP contribution is -2.68. The number of hydrogen-bond donors (Lipinski definition) is 1. The highest BCUT2D eigenvalue weighted by molar-refractivity contribution is 5.03. The Labute approximate surface area is 131 Å². The molecule has 1 saturated carbocycles. The third kappa shape index (κ3) is 4.20. The van der Waals surface area contributed by atoms with E-state index in [0.29, 0.717) is 23.0 Å². The second-order valence-corrected chi connectivity index (χ2v) is 8.41. The Morgan fingerprint density at radius 3 is 2.48 bits per heavy atom. The van der Waals surface area contributed by atoms with Crippen molar-refractivity contribution in [2.45, 2.75) is 83.8 Å². The lowest BCUT2D eigenvalue weighted by Gasteiger charge is -2.55. The predicted molar refractivity (Wildman–Crippen MR) is 89.7 cm³/mol. The van der Waals surface area contributed by atoms with Crippen molar-refractivity contribution in [1.82, 2.24) is 10.2 Å². The van der Waals surface area contributed by atoms with Crippen molar-refractivity contribution in [3.05, 3.63) is 0 Å². The summed E-state index contributed by atoms with van der Waals surface area (Å²) in [7, 11) is 1.81. The van der Waals surface area contributed by atoms with Crippen LogP contribution in [0.5, 0.6) is 0 Å². The molecule has 3 heteroatoms. The average molecular weight is 296 g/mol. The molecule has 0 aromatic rings. The molecule has 1 aliphatic carbocycles. The molecule has 0 radical (unpaired) electrons. The maximum Gasteiger partial charge on any atom is 0.0477 e. The van der Waals surface area contributed by atoms with E-state index in [-0.39, 0.29) is 0 Å². The Balaban J connectivity index is 2.10. The van der Waals surface area contributed by atoms with Crippen molar-refractivity contribution in [2.24, 2.45) is 5.41 Å². The number of methoxy groups -OCH3 is 1. The molecule has 1 aliphatic heterocycles. The molecule has 0 aromatic carbocycles. The van der Waals surface area contributed by atoms with Gasteiger partial charge >= 0.3 is 0 Å². The fourth-order valence-electron chi connectivity index (χ4n) is 4.23. The first-order chi connectivity index (χ1) is 9.88. The zero-order chi connectivity index (χ0) is 15.5. The van der Waals surface area contributed by atoms with E-state index in [1.165, 1.54) is 38.6 Å². The molecule has 124 valence electrons. The zero-order valence-corrected chi connectivity index (χ0v) is 14.9. The first kappa shape index (κ1) is 17.2. The van der Waals surface area contributed by atoms with Crippen LogP contribution in [0.4, 0.5) is 0 Å². The fraction of sp³-hybridized carbons (Fsp3) is 1.00. The van der Waals surface area contributed by atoms with E-state index in [1.807, 2.05) is 7.11 Å². The number of nitrogens with zero attached hydrogens (tertiary/aromatic N) is 1. The Kier molecular flexibility index (Phi) is 5.72. The van der Waals surface area contributed by atoms with Gasteiger partial charge in [0, 0.05) is 44.4 Å². The average Bonchev–Trinajstić information content (AvgIpc) is 2.44. The molecule has 2 atom stereocenters. The summed E-state index contributed by atoms with van der Waals surface area (Å²) in [6.45, 7) is 12.8. The normalized spacial score (nSPS) is 28.7. The van der Waals surface area contributed by atoms with Gasteiger partial charge in [-0.3, -0.25) is 4.90 Å². The first-order valence-corrected chi connectivity index (χ1v) is 8.88.